The Morgan fingerprint density at radius 3 is 2.12 bits per heavy atom. The van der Waals surface area contributed by atoms with Crippen LogP contribution in [0.25, 0.3) is 0 Å². The van der Waals surface area contributed by atoms with Crippen LogP contribution < -0.4 is 10.2 Å². The van der Waals surface area contributed by atoms with Gasteiger partial charge in [-0.25, -0.2) is 0 Å². The van der Waals surface area contributed by atoms with Crippen LogP contribution in [0.1, 0.15) is 23.2 Å². The van der Waals surface area contributed by atoms with Crippen molar-refractivity contribution in [2.45, 2.75) is 25.1 Å². The van der Waals surface area contributed by atoms with Crippen molar-refractivity contribution in [2.24, 2.45) is 0 Å². The highest BCUT2D eigenvalue weighted by atomic mass is 19.4. The second kappa shape index (κ2) is 7.11. The van der Waals surface area contributed by atoms with Gasteiger partial charge in [0.15, 0.2) is 0 Å². The van der Waals surface area contributed by atoms with Crippen molar-refractivity contribution in [2.75, 3.05) is 32.1 Å². The van der Waals surface area contributed by atoms with E-state index in [1.807, 2.05) is 31.1 Å². The van der Waals surface area contributed by atoms with Gasteiger partial charge in [0.25, 0.3) is 5.91 Å². The van der Waals surface area contributed by atoms with Gasteiger partial charge in [-0.05, 0) is 37.1 Å². The third-order valence-corrected chi connectivity index (χ3v) is 4.01. The number of hydrogen-bond acceptors (Lipinski definition) is 3. The number of likely N-dealkylation sites (tertiary alicyclic amines) is 1. The summed E-state index contributed by atoms with van der Waals surface area (Å²) >= 11 is 0. The molecule has 0 unspecified atom stereocenters. The molecule has 0 atom stereocenters. The number of halogens is 3. The van der Waals surface area contributed by atoms with E-state index in [2.05, 4.69) is 5.32 Å². The van der Waals surface area contributed by atoms with Crippen LogP contribution in [-0.4, -0.2) is 56.1 Å². The molecule has 1 aromatic rings. The van der Waals surface area contributed by atoms with Gasteiger partial charge in [0.2, 0.25) is 0 Å². The number of hydrogen-bond donors (Lipinski definition) is 1. The molecular formula is C16H20F3N3O2. The van der Waals surface area contributed by atoms with Crippen LogP contribution in [0.4, 0.5) is 18.9 Å². The van der Waals surface area contributed by atoms with Gasteiger partial charge in [0.05, 0.1) is 0 Å². The molecule has 2 amide bonds. The molecular weight excluding hydrogens is 323 g/mol. The molecule has 8 heteroatoms. The lowest BCUT2D eigenvalue weighted by Gasteiger charge is -2.32. The number of carbonyl (C=O) groups excluding carboxylic acids is 2. The molecule has 1 fully saturated rings. The number of piperidine rings is 1. The highest BCUT2D eigenvalue weighted by Crippen LogP contribution is 2.21. The molecule has 0 aromatic heterocycles. The second-order valence-electron chi connectivity index (χ2n) is 5.98. The summed E-state index contributed by atoms with van der Waals surface area (Å²) in [5.74, 6) is -2.08. The third-order valence-electron chi connectivity index (χ3n) is 4.01. The van der Waals surface area contributed by atoms with Gasteiger partial charge >= 0.3 is 12.1 Å². The zero-order valence-corrected chi connectivity index (χ0v) is 13.6. The summed E-state index contributed by atoms with van der Waals surface area (Å²) in [6.45, 7) is -0.0221. The molecule has 132 valence electrons. The van der Waals surface area contributed by atoms with Crippen LogP contribution in [-0.2, 0) is 4.79 Å². The van der Waals surface area contributed by atoms with E-state index >= 15 is 0 Å². The first-order valence-corrected chi connectivity index (χ1v) is 7.63. The molecule has 5 nitrogen and oxygen atoms in total. The summed E-state index contributed by atoms with van der Waals surface area (Å²) in [4.78, 5) is 26.0. The van der Waals surface area contributed by atoms with E-state index in [-0.39, 0.29) is 25.0 Å². The topological polar surface area (TPSA) is 52.7 Å². The predicted molar refractivity (Wildman–Crippen MR) is 83.9 cm³/mol. The average Bonchev–Trinajstić information content (AvgIpc) is 2.54. The third kappa shape index (κ3) is 4.39. The van der Waals surface area contributed by atoms with Gasteiger partial charge in [0, 0.05) is 44.5 Å². The molecule has 0 spiro atoms. The minimum Gasteiger partial charge on any atom is -0.378 e. The van der Waals surface area contributed by atoms with Gasteiger partial charge in [-0.2, -0.15) is 13.2 Å². The SMILES string of the molecule is CN(C)c1ccc(C(=O)NC2CCN(C(=O)C(F)(F)F)CC2)cc1. The number of benzene rings is 1. The van der Waals surface area contributed by atoms with E-state index in [0.29, 0.717) is 18.4 Å². The standard InChI is InChI=1S/C16H20F3N3O2/c1-21(2)13-5-3-11(4-6-13)14(23)20-12-7-9-22(10-8-12)15(24)16(17,18)19/h3-6,12H,7-10H2,1-2H3,(H,20,23). The monoisotopic (exact) mass is 343 g/mol. The number of nitrogens with one attached hydrogen (secondary N) is 1. The average molecular weight is 343 g/mol. The van der Waals surface area contributed by atoms with Gasteiger partial charge in [-0.1, -0.05) is 0 Å². The molecule has 1 saturated heterocycles. The lowest BCUT2D eigenvalue weighted by atomic mass is 10.0. The maximum atomic E-state index is 12.4. The van der Waals surface area contributed by atoms with Crippen LogP contribution in [0.2, 0.25) is 0 Å². The van der Waals surface area contributed by atoms with Crippen LogP contribution >= 0.6 is 0 Å². The summed E-state index contributed by atoms with van der Waals surface area (Å²) in [6, 6.07) is 6.81. The van der Waals surface area contributed by atoms with Crippen molar-refractivity contribution in [1.82, 2.24) is 10.2 Å². The number of alkyl halides is 3. The number of nitrogens with zero attached hydrogens (tertiary/aromatic N) is 2. The molecule has 0 saturated carbocycles. The fraction of sp³-hybridized carbons (Fsp3) is 0.500. The molecule has 24 heavy (non-hydrogen) atoms. The van der Waals surface area contributed by atoms with E-state index < -0.39 is 12.1 Å². The molecule has 2 rings (SSSR count). The summed E-state index contributed by atoms with van der Waals surface area (Å²) < 4.78 is 37.2. The minimum atomic E-state index is -4.84. The number of anilines is 1. The highest BCUT2D eigenvalue weighted by Gasteiger charge is 2.43. The van der Waals surface area contributed by atoms with Crippen LogP contribution in [0.5, 0.6) is 0 Å². The van der Waals surface area contributed by atoms with Crippen molar-refractivity contribution in [3.8, 4) is 0 Å². The molecule has 0 bridgehead atoms. The maximum absolute atomic E-state index is 12.4. The maximum Gasteiger partial charge on any atom is 0.471 e. The van der Waals surface area contributed by atoms with E-state index in [0.717, 1.165) is 10.6 Å². The van der Waals surface area contributed by atoms with Crippen molar-refractivity contribution < 1.29 is 22.8 Å². The van der Waals surface area contributed by atoms with Crippen LogP contribution in [0, 0.1) is 0 Å². The largest absolute Gasteiger partial charge is 0.471 e. The lowest BCUT2D eigenvalue weighted by molar-refractivity contribution is -0.186. The van der Waals surface area contributed by atoms with Crippen molar-refractivity contribution in [3.05, 3.63) is 29.8 Å². The number of carbonyl (C=O) groups is 2. The summed E-state index contributed by atoms with van der Waals surface area (Å²) in [7, 11) is 3.79. The van der Waals surface area contributed by atoms with Gasteiger partial charge in [-0.15, -0.1) is 0 Å². The molecule has 1 aromatic carbocycles. The Hall–Kier alpha value is -2.25. The molecule has 0 radical (unpaired) electrons. The van der Waals surface area contributed by atoms with Gasteiger partial charge in [-0.3, -0.25) is 9.59 Å². The molecule has 1 N–H and O–H groups in total. The van der Waals surface area contributed by atoms with Crippen molar-refractivity contribution >= 4 is 17.5 Å². The smallest absolute Gasteiger partial charge is 0.378 e. The Morgan fingerprint density at radius 1 is 1.12 bits per heavy atom. The van der Waals surface area contributed by atoms with Crippen LogP contribution in [0.3, 0.4) is 0 Å². The first-order chi connectivity index (χ1) is 11.2. The highest BCUT2D eigenvalue weighted by molar-refractivity contribution is 5.94. The summed E-state index contributed by atoms with van der Waals surface area (Å²) in [5.41, 5.74) is 1.46. The first-order valence-electron chi connectivity index (χ1n) is 7.63. The molecule has 1 heterocycles. The summed E-state index contributed by atoms with van der Waals surface area (Å²) in [5, 5.41) is 2.81. The second-order valence-corrected chi connectivity index (χ2v) is 5.98. The fourth-order valence-electron chi connectivity index (χ4n) is 2.59. The zero-order chi connectivity index (χ0) is 17.9. The summed E-state index contributed by atoms with van der Waals surface area (Å²) in [6.07, 6.45) is -4.23. The van der Waals surface area contributed by atoms with Crippen molar-refractivity contribution in [3.63, 3.8) is 0 Å². The van der Waals surface area contributed by atoms with Gasteiger partial charge < -0.3 is 15.1 Å². The van der Waals surface area contributed by atoms with E-state index in [1.165, 1.54) is 0 Å². The fourth-order valence-corrected chi connectivity index (χ4v) is 2.59. The van der Waals surface area contributed by atoms with Crippen LogP contribution in [0.15, 0.2) is 24.3 Å². The number of rotatable bonds is 3. The lowest BCUT2D eigenvalue weighted by Crippen LogP contribution is -2.50. The predicted octanol–water partition coefficient (Wildman–Crippen LogP) is 2.04. The molecule has 0 aliphatic carbocycles. The Labute approximate surface area is 138 Å². The normalized spacial score (nSPS) is 16.0. The molecule has 1 aliphatic heterocycles. The number of amides is 2. The van der Waals surface area contributed by atoms with E-state index in [1.54, 1.807) is 12.1 Å². The van der Waals surface area contributed by atoms with E-state index in [4.69, 9.17) is 0 Å². The Morgan fingerprint density at radius 2 is 1.67 bits per heavy atom. The minimum absolute atomic E-state index is 0.0111. The quantitative estimate of drug-likeness (QED) is 0.914. The zero-order valence-electron chi connectivity index (χ0n) is 13.6. The van der Waals surface area contributed by atoms with E-state index in [9.17, 15) is 22.8 Å². The Bertz CT molecular complexity index is 592. The molecule has 1 aliphatic rings. The Balaban J connectivity index is 1.87. The first kappa shape index (κ1) is 18.1. The Kier molecular flexibility index (Phi) is 5.36. The van der Waals surface area contributed by atoms with Crippen molar-refractivity contribution in [1.29, 1.82) is 0 Å². The van der Waals surface area contributed by atoms with Gasteiger partial charge in [0.1, 0.15) is 0 Å².